The number of carbonyl (C=O) groups is 1. The van der Waals surface area contributed by atoms with Gasteiger partial charge in [-0.25, -0.2) is 0 Å². The van der Waals surface area contributed by atoms with Crippen LogP contribution >= 0.6 is 0 Å². The lowest BCUT2D eigenvalue weighted by Crippen LogP contribution is -2.09. The number of ether oxygens (including phenoxy) is 2. The van der Waals surface area contributed by atoms with Crippen LogP contribution in [0, 0.1) is 0 Å². The van der Waals surface area contributed by atoms with Crippen LogP contribution in [0.1, 0.15) is 5.56 Å². The van der Waals surface area contributed by atoms with Crippen molar-refractivity contribution < 1.29 is 14.3 Å². The van der Waals surface area contributed by atoms with Gasteiger partial charge in [-0.1, -0.05) is 48.6 Å². The topological polar surface area (TPSA) is 35.5 Å². The Balaban J connectivity index is 2.23. The Morgan fingerprint density at radius 1 is 0.950 bits per heavy atom. The molecule has 0 radical (unpaired) electrons. The van der Waals surface area contributed by atoms with E-state index in [2.05, 4.69) is 0 Å². The van der Waals surface area contributed by atoms with E-state index in [4.69, 9.17) is 9.47 Å². The van der Waals surface area contributed by atoms with Crippen molar-refractivity contribution in [3.8, 4) is 0 Å². The third-order valence-corrected chi connectivity index (χ3v) is 2.88. The number of hydrogen-bond acceptors (Lipinski definition) is 3. The van der Waals surface area contributed by atoms with E-state index >= 15 is 0 Å². The Kier molecular flexibility index (Phi) is 4.56. The zero-order valence-electron chi connectivity index (χ0n) is 11.5. The van der Waals surface area contributed by atoms with Gasteiger partial charge >= 0.3 is 0 Å². The van der Waals surface area contributed by atoms with Crippen LogP contribution in [0.5, 0.6) is 0 Å². The summed E-state index contributed by atoms with van der Waals surface area (Å²) in [6.45, 7) is 0. The average Bonchev–Trinajstić information content (AvgIpc) is 2.49. The minimum absolute atomic E-state index is 0.187. The molecule has 1 aliphatic rings. The van der Waals surface area contributed by atoms with Crippen LogP contribution in [0.4, 0.5) is 0 Å². The van der Waals surface area contributed by atoms with Crippen LogP contribution in [0.25, 0.3) is 6.08 Å². The van der Waals surface area contributed by atoms with Crippen molar-refractivity contribution in [2.24, 2.45) is 0 Å². The lowest BCUT2D eigenvalue weighted by Gasteiger charge is -2.13. The van der Waals surface area contributed by atoms with Crippen LogP contribution < -0.4 is 0 Å². The normalized spacial score (nSPS) is 17.1. The minimum atomic E-state index is -0.187. The van der Waals surface area contributed by atoms with Crippen molar-refractivity contribution >= 4 is 11.9 Å². The molecule has 1 aliphatic carbocycles. The Morgan fingerprint density at radius 3 is 2.30 bits per heavy atom. The molecule has 0 unspecified atom stereocenters. The summed E-state index contributed by atoms with van der Waals surface area (Å²) in [5.74, 6) is 0.659. The molecule has 0 atom stereocenters. The summed E-state index contributed by atoms with van der Waals surface area (Å²) in [6.07, 6.45) is 8.89. The quantitative estimate of drug-likeness (QED) is 0.840. The lowest BCUT2D eigenvalue weighted by molar-refractivity contribution is -0.114. The van der Waals surface area contributed by atoms with Gasteiger partial charge in [-0.2, -0.15) is 0 Å². The summed E-state index contributed by atoms with van der Waals surface area (Å²) < 4.78 is 10.2. The molecular formula is C17H16O3. The zero-order valence-corrected chi connectivity index (χ0v) is 11.5. The maximum atomic E-state index is 11.6. The Hall–Kier alpha value is -2.55. The minimum Gasteiger partial charge on any atom is -0.496 e. The first-order chi connectivity index (χ1) is 9.74. The number of ketones is 1. The van der Waals surface area contributed by atoms with Gasteiger partial charge in [-0.3, -0.25) is 4.79 Å². The second-order valence-electron chi connectivity index (χ2n) is 4.18. The fourth-order valence-corrected chi connectivity index (χ4v) is 1.85. The number of benzene rings is 1. The Morgan fingerprint density at radius 2 is 1.65 bits per heavy atom. The van der Waals surface area contributed by atoms with E-state index in [0.717, 1.165) is 11.1 Å². The van der Waals surface area contributed by atoms with Crippen molar-refractivity contribution in [2.45, 2.75) is 0 Å². The van der Waals surface area contributed by atoms with E-state index in [9.17, 15) is 4.79 Å². The number of methoxy groups -OCH3 is 2. The van der Waals surface area contributed by atoms with Crippen LogP contribution in [0.15, 0.2) is 71.7 Å². The summed E-state index contributed by atoms with van der Waals surface area (Å²) in [5, 5.41) is 0. The molecule has 0 N–H and O–H groups in total. The molecular weight excluding hydrogens is 252 g/mol. The van der Waals surface area contributed by atoms with Gasteiger partial charge in [0.15, 0.2) is 5.76 Å². The molecule has 0 spiro atoms. The summed E-state index contributed by atoms with van der Waals surface area (Å²) in [7, 11) is 3.02. The number of hydrogen-bond donors (Lipinski definition) is 0. The van der Waals surface area contributed by atoms with Crippen molar-refractivity contribution in [2.75, 3.05) is 14.2 Å². The van der Waals surface area contributed by atoms with E-state index in [1.165, 1.54) is 13.2 Å². The number of carbonyl (C=O) groups excluding carboxylic acids is 1. The standard InChI is InChI=1S/C17H16O3/c1-19-16-12-15(18)17(20-2)11-14(16)10-6-9-13-7-4-3-5-8-13/h3-12H,1-2H3/b9-6+,14-10-. The van der Waals surface area contributed by atoms with Gasteiger partial charge in [0.2, 0.25) is 5.78 Å². The lowest BCUT2D eigenvalue weighted by atomic mass is 10.0. The van der Waals surface area contributed by atoms with E-state index in [0.29, 0.717) is 11.5 Å². The second kappa shape index (κ2) is 6.57. The SMILES string of the molecule is COC1=C/C(=C/C=C/c2ccccc2)C(OC)=CC1=O. The first kappa shape index (κ1) is 13.9. The molecule has 0 fully saturated rings. The molecule has 0 saturated carbocycles. The molecule has 1 aromatic carbocycles. The Bertz CT molecular complexity index is 604. The van der Waals surface area contributed by atoms with Crippen molar-refractivity contribution in [3.05, 3.63) is 77.3 Å². The van der Waals surface area contributed by atoms with E-state index in [-0.39, 0.29) is 5.78 Å². The smallest absolute Gasteiger partial charge is 0.224 e. The van der Waals surface area contributed by atoms with Gasteiger partial charge in [0.25, 0.3) is 0 Å². The summed E-state index contributed by atoms with van der Waals surface area (Å²) in [6, 6.07) is 9.97. The molecule has 0 amide bonds. The third-order valence-electron chi connectivity index (χ3n) is 2.88. The molecule has 102 valence electrons. The molecule has 2 rings (SSSR count). The summed E-state index contributed by atoms with van der Waals surface area (Å²) >= 11 is 0. The van der Waals surface area contributed by atoms with Crippen LogP contribution in [0.2, 0.25) is 0 Å². The first-order valence-electron chi connectivity index (χ1n) is 6.24. The van der Waals surface area contributed by atoms with Crippen molar-refractivity contribution in [1.29, 1.82) is 0 Å². The third kappa shape index (κ3) is 3.26. The van der Waals surface area contributed by atoms with Crippen LogP contribution in [0.3, 0.4) is 0 Å². The highest BCUT2D eigenvalue weighted by molar-refractivity contribution is 6.05. The maximum Gasteiger partial charge on any atom is 0.224 e. The highest BCUT2D eigenvalue weighted by Gasteiger charge is 2.18. The largest absolute Gasteiger partial charge is 0.496 e. The highest BCUT2D eigenvalue weighted by Crippen LogP contribution is 2.21. The van der Waals surface area contributed by atoms with E-state index < -0.39 is 0 Å². The van der Waals surface area contributed by atoms with Gasteiger partial charge in [0.1, 0.15) is 5.76 Å². The predicted molar refractivity (Wildman–Crippen MR) is 78.8 cm³/mol. The van der Waals surface area contributed by atoms with Crippen molar-refractivity contribution in [3.63, 3.8) is 0 Å². The predicted octanol–water partition coefficient (Wildman–Crippen LogP) is 3.27. The first-order valence-corrected chi connectivity index (χ1v) is 6.24. The molecule has 0 aromatic heterocycles. The molecule has 20 heavy (non-hydrogen) atoms. The van der Waals surface area contributed by atoms with Gasteiger partial charge in [-0.15, -0.1) is 0 Å². The van der Waals surface area contributed by atoms with Crippen LogP contribution in [-0.2, 0) is 14.3 Å². The van der Waals surface area contributed by atoms with Gasteiger partial charge in [-0.05, 0) is 11.6 Å². The molecule has 0 saturated heterocycles. The molecule has 0 bridgehead atoms. The van der Waals surface area contributed by atoms with Crippen LogP contribution in [-0.4, -0.2) is 20.0 Å². The monoisotopic (exact) mass is 268 g/mol. The fraction of sp³-hybridized carbons (Fsp3) is 0.118. The van der Waals surface area contributed by atoms with Gasteiger partial charge < -0.3 is 9.47 Å². The molecule has 1 aromatic rings. The zero-order chi connectivity index (χ0) is 14.4. The number of allylic oxidation sites excluding steroid dienone is 4. The van der Waals surface area contributed by atoms with E-state index in [1.807, 2.05) is 48.6 Å². The number of rotatable bonds is 4. The average molecular weight is 268 g/mol. The second-order valence-corrected chi connectivity index (χ2v) is 4.18. The fourth-order valence-electron chi connectivity index (χ4n) is 1.85. The van der Waals surface area contributed by atoms with Gasteiger partial charge in [0, 0.05) is 11.6 Å². The molecule has 0 heterocycles. The Labute approximate surface area is 118 Å². The molecule has 0 aliphatic heterocycles. The maximum absolute atomic E-state index is 11.6. The highest BCUT2D eigenvalue weighted by atomic mass is 16.5. The molecule has 3 nitrogen and oxygen atoms in total. The summed E-state index contributed by atoms with van der Waals surface area (Å²) in [4.78, 5) is 11.6. The van der Waals surface area contributed by atoms with Gasteiger partial charge in [0.05, 0.1) is 14.2 Å². The summed E-state index contributed by atoms with van der Waals surface area (Å²) in [5.41, 5.74) is 1.91. The van der Waals surface area contributed by atoms with Crippen molar-refractivity contribution in [1.82, 2.24) is 0 Å². The molecule has 3 heteroatoms. The van der Waals surface area contributed by atoms with E-state index in [1.54, 1.807) is 13.2 Å².